The number of rotatable bonds is 2. The second-order valence-electron chi connectivity index (χ2n) is 2.84. The summed E-state index contributed by atoms with van der Waals surface area (Å²) >= 11 is 2.91. The Kier molecular flexibility index (Phi) is 3.41. The molecule has 0 atom stereocenters. The van der Waals surface area contributed by atoms with Crippen LogP contribution < -0.4 is 5.32 Å². The van der Waals surface area contributed by atoms with Crippen LogP contribution in [0.3, 0.4) is 0 Å². The standard InChI is InChI=1S/C10H9BrFNO/c1-6-3-4-9(8(12)5-6)13-10(14)7(2)11/h3-5H,2H2,1H3,(H,13,14). The minimum Gasteiger partial charge on any atom is -0.319 e. The molecular weight excluding hydrogens is 249 g/mol. The molecule has 0 aliphatic heterocycles. The van der Waals surface area contributed by atoms with Crippen molar-refractivity contribution in [1.82, 2.24) is 0 Å². The van der Waals surface area contributed by atoms with E-state index >= 15 is 0 Å². The number of amides is 1. The van der Waals surface area contributed by atoms with Gasteiger partial charge in [-0.1, -0.05) is 12.6 Å². The Labute approximate surface area is 89.9 Å². The molecule has 0 aliphatic rings. The van der Waals surface area contributed by atoms with E-state index in [4.69, 9.17) is 0 Å². The van der Waals surface area contributed by atoms with Crippen LogP contribution in [0.5, 0.6) is 0 Å². The van der Waals surface area contributed by atoms with Gasteiger partial charge < -0.3 is 5.32 Å². The molecule has 1 N–H and O–H groups in total. The summed E-state index contributed by atoms with van der Waals surface area (Å²) in [4.78, 5) is 11.1. The van der Waals surface area contributed by atoms with Crippen LogP contribution in [-0.4, -0.2) is 5.91 Å². The Bertz CT molecular complexity index is 390. The second-order valence-corrected chi connectivity index (χ2v) is 3.80. The van der Waals surface area contributed by atoms with Crippen molar-refractivity contribution in [2.75, 3.05) is 5.32 Å². The van der Waals surface area contributed by atoms with E-state index in [1.54, 1.807) is 13.0 Å². The van der Waals surface area contributed by atoms with Gasteiger partial charge in [-0.25, -0.2) is 4.39 Å². The van der Waals surface area contributed by atoms with Crippen LogP contribution in [0.25, 0.3) is 0 Å². The lowest BCUT2D eigenvalue weighted by molar-refractivity contribution is -0.112. The molecule has 0 saturated heterocycles. The largest absolute Gasteiger partial charge is 0.319 e. The molecule has 0 aliphatic carbocycles. The van der Waals surface area contributed by atoms with Crippen LogP contribution in [0.4, 0.5) is 10.1 Å². The highest BCUT2D eigenvalue weighted by Gasteiger charge is 2.07. The molecule has 2 nitrogen and oxygen atoms in total. The van der Waals surface area contributed by atoms with Gasteiger partial charge in [0.25, 0.3) is 5.91 Å². The number of hydrogen-bond acceptors (Lipinski definition) is 1. The molecule has 1 aromatic carbocycles. The van der Waals surface area contributed by atoms with Crippen molar-refractivity contribution in [1.29, 1.82) is 0 Å². The molecule has 0 saturated carbocycles. The Hall–Kier alpha value is -1.16. The SMILES string of the molecule is C=C(Br)C(=O)Nc1ccc(C)cc1F. The number of carbonyl (C=O) groups is 1. The first-order valence-corrected chi connectivity index (χ1v) is 4.72. The highest BCUT2D eigenvalue weighted by molar-refractivity contribution is 9.12. The van der Waals surface area contributed by atoms with Gasteiger partial charge in [0.2, 0.25) is 0 Å². The number of aryl methyl sites for hydroxylation is 1. The molecule has 4 heteroatoms. The fourth-order valence-corrected chi connectivity index (χ4v) is 1.01. The maximum absolute atomic E-state index is 13.2. The smallest absolute Gasteiger partial charge is 0.262 e. The van der Waals surface area contributed by atoms with Crippen molar-refractivity contribution in [2.45, 2.75) is 6.92 Å². The first-order chi connectivity index (χ1) is 6.50. The summed E-state index contributed by atoms with van der Waals surface area (Å²) in [6.07, 6.45) is 0. The molecule has 1 aromatic rings. The van der Waals surface area contributed by atoms with E-state index in [0.29, 0.717) is 0 Å². The van der Waals surface area contributed by atoms with Crippen molar-refractivity contribution in [3.8, 4) is 0 Å². The molecule has 0 spiro atoms. The van der Waals surface area contributed by atoms with E-state index in [9.17, 15) is 9.18 Å². The molecule has 0 fully saturated rings. The topological polar surface area (TPSA) is 29.1 Å². The summed E-state index contributed by atoms with van der Waals surface area (Å²) in [6.45, 7) is 5.16. The van der Waals surface area contributed by atoms with E-state index in [0.717, 1.165) is 5.56 Å². The summed E-state index contributed by atoms with van der Waals surface area (Å²) < 4.78 is 13.4. The molecular formula is C10H9BrFNO. The lowest BCUT2D eigenvalue weighted by atomic mass is 10.2. The summed E-state index contributed by atoms with van der Waals surface area (Å²) in [5.41, 5.74) is 0.958. The van der Waals surface area contributed by atoms with Gasteiger partial charge in [-0.05, 0) is 40.5 Å². The number of hydrogen-bond donors (Lipinski definition) is 1. The molecule has 0 heterocycles. The van der Waals surface area contributed by atoms with Gasteiger partial charge in [0.15, 0.2) is 0 Å². The van der Waals surface area contributed by atoms with Crippen molar-refractivity contribution >= 4 is 27.5 Å². The average Bonchev–Trinajstić information content (AvgIpc) is 2.09. The highest BCUT2D eigenvalue weighted by atomic mass is 79.9. The average molecular weight is 258 g/mol. The predicted octanol–water partition coefficient (Wildman–Crippen LogP) is 2.98. The van der Waals surface area contributed by atoms with Gasteiger partial charge in [0.05, 0.1) is 10.2 Å². The summed E-state index contributed by atoms with van der Waals surface area (Å²) in [5.74, 6) is -0.903. The van der Waals surface area contributed by atoms with E-state index in [1.165, 1.54) is 12.1 Å². The zero-order valence-corrected chi connectivity index (χ0v) is 9.19. The highest BCUT2D eigenvalue weighted by Crippen LogP contribution is 2.16. The molecule has 1 rings (SSSR count). The third-order valence-electron chi connectivity index (χ3n) is 1.62. The minimum absolute atomic E-state index is 0.154. The van der Waals surface area contributed by atoms with Crippen LogP contribution in [-0.2, 0) is 4.79 Å². The first-order valence-electron chi connectivity index (χ1n) is 3.92. The quantitative estimate of drug-likeness (QED) is 0.812. The van der Waals surface area contributed by atoms with Gasteiger partial charge in [-0.15, -0.1) is 0 Å². The molecule has 0 aromatic heterocycles. The Morgan fingerprint density at radius 1 is 1.57 bits per heavy atom. The maximum Gasteiger partial charge on any atom is 0.262 e. The van der Waals surface area contributed by atoms with Crippen LogP contribution in [0.15, 0.2) is 29.3 Å². The number of nitrogens with one attached hydrogen (secondary N) is 1. The van der Waals surface area contributed by atoms with E-state index < -0.39 is 11.7 Å². The summed E-state index contributed by atoms with van der Waals surface area (Å²) in [6, 6.07) is 4.58. The summed E-state index contributed by atoms with van der Waals surface area (Å²) in [5, 5.41) is 2.38. The van der Waals surface area contributed by atoms with E-state index in [-0.39, 0.29) is 10.2 Å². The predicted molar refractivity (Wildman–Crippen MR) is 57.8 cm³/mol. The van der Waals surface area contributed by atoms with Crippen LogP contribution >= 0.6 is 15.9 Å². The Morgan fingerprint density at radius 2 is 2.21 bits per heavy atom. The number of benzene rings is 1. The van der Waals surface area contributed by atoms with Gasteiger partial charge >= 0.3 is 0 Å². The van der Waals surface area contributed by atoms with Crippen LogP contribution in [0.2, 0.25) is 0 Å². The number of anilines is 1. The molecule has 0 bridgehead atoms. The van der Waals surface area contributed by atoms with Crippen LogP contribution in [0.1, 0.15) is 5.56 Å². The molecule has 74 valence electrons. The number of carbonyl (C=O) groups excluding carboxylic acids is 1. The monoisotopic (exact) mass is 257 g/mol. The van der Waals surface area contributed by atoms with Crippen molar-refractivity contribution in [3.63, 3.8) is 0 Å². The van der Waals surface area contributed by atoms with Crippen LogP contribution in [0, 0.1) is 12.7 Å². The van der Waals surface area contributed by atoms with Gasteiger partial charge in [0.1, 0.15) is 5.82 Å². The zero-order valence-electron chi connectivity index (χ0n) is 7.60. The van der Waals surface area contributed by atoms with E-state index in [1.807, 2.05) is 0 Å². The Balaban J connectivity index is 2.87. The fourth-order valence-electron chi connectivity index (χ4n) is 0.912. The zero-order chi connectivity index (χ0) is 10.7. The maximum atomic E-state index is 13.2. The van der Waals surface area contributed by atoms with Crippen molar-refractivity contribution in [3.05, 3.63) is 40.6 Å². The van der Waals surface area contributed by atoms with Crippen molar-refractivity contribution < 1.29 is 9.18 Å². The lowest BCUT2D eigenvalue weighted by Gasteiger charge is -2.05. The molecule has 0 radical (unpaired) electrons. The fraction of sp³-hybridized carbons (Fsp3) is 0.100. The Morgan fingerprint density at radius 3 is 2.71 bits per heavy atom. The number of halogens is 2. The van der Waals surface area contributed by atoms with Gasteiger partial charge in [-0.2, -0.15) is 0 Å². The molecule has 14 heavy (non-hydrogen) atoms. The second kappa shape index (κ2) is 4.37. The van der Waals surface area contributed by atoms with Gasteiger partial charge in [-0.3, -0.25) is 4.79 Å². The third kappa shape index (κ3) is 2.67. The normalized spacial score (nSPS) is 9.64. The first kappa shape index (κ1) is 10.9. The molecule has 1 amide bonds. The molecule has 0 unspecified atom stereocenters. The summed E-state index contributed by atoms with van der Waals surface area (Å²) in [7, 11) is 0. The van der Waals surface area contributed by atoms with E-state index in [2.05, 4.69) is 27.8 Å². The van der Waals surface area contributed by atoms with Crippen molar-refractivity contribution in [2.24, 2.45) is 0 Å². The van der Waals surface area contributed by atoms with Gasteiger partial charge in [0, 0.05) is 0 Å². The third-order valence-corrected chi connectivity index (χ3v) is 1.98. The minimum atomic E-state index is -0.452. The lowest BCUT2D eigenvalue weighted by Crippen LogP contribution is -2.11.